The summed E-state index contributed by atoms with van der Waals surface area (Å²) in [4.78, 5) is 13.3. The second-order valence-corrected chi connectivity index (χ2v) is 3.85. The molecule has 3 heteroatoms. The van der Waals surface area contributed by atoms with Gasteiger partial charge in [-0.1, -0.05) is 13.8 Å². The molecular weight excluding hydrogens is 157 g/mol. The van der Waals surface area contributed by atoms with Gasteiger partial charge in [0.2, 0.25) is 0 Å². The van der Waals surface area contributed by atoms with E-state index >= 15 is 0 Å². The molecule has 0 spiro atoms. The second-order valence-electron chi connectivity index (χ2n) is 3.85. The van der Waals surface area contributed by atoms with E-state index in [-0.39, 0.29) is 17.7 Å². The van der Waals surface area contributed by atoms with Crippen molar-refractivity contribution in [3.05, 3.63) is 0 Å². The van der Waals surface area contributed by atoms with Crippen molar-refractivity contribution in [2.75, 3.05) is 13.6 Å². The minimum Gasteiger partial charge on any atom is -0.298 e. The molecule has 1 saturated heterocycles. The summed E-state index contributed by atoms with van der Waals surface area (Å²) >= 11 is 0. The zero-order chi connectivity index (χ0) is 9.30. The fourth-order valence-electron chi connectivity index (χ4n) is 1.65. The number of rotatable bonds is 2. The highest BCUT2D eigenvalue weighted by atomic mass is 19.1. The van der Waals surface area contributed by atoms with Crippen LogP contribution in [0, 0.1) is 5.92 Å². The molecule has 70 valence electrons. The van der Waals surface area contributed by atoms with Gasteiger partial charge in [0.05, 0.1) is 6.04 Å². The number of nitrogens with zero attached hydrogens (tertiary/aromatic N) is 1. The standard InChI is InChI=1S/C9H16FNO/c1-6(2)9(12)8-4-7(10)5-11(8)3/h6-8H,4-5H2,1-3H3/t7-,8+/m1/s1. The molecule has 0 aromatic rings. The van der Waals surface area contributed by atoms with E-state index in [1.807, 2.05) is 25.8 Å². The Labute approximate surface area is 72.7 Å². The normalized spacial score (nSPS) is 31.4. The topological polar surface area (TPSA) is 20.3 Å². The van der Waals surface area contributed by atoms with Crippen LogP contribution >= 0.6 is 0 Å². The molecule has 2 atom stereocenters. The van der Waals surface area contributed by atoms with Gasteiger partial charge in [0, 0.05) is 18.9 Å². The maximum Gasteiger partial charge on any atom is 0.152 e. The van der Waals surface area contributed by atoms with Crippen molar-refractivity contribution in [3.8, 4) is 0 Å². The molecule has 0 aliphatic carbocycles. The zero-order valence-corrected chi connectivity index (χ0v) is 7.88. The lowest BCUT2D eigenvalue weighted by Crippen LogP contribution is -2.35. The Morgan fingerprint density at radius 1 is 1.58 bits per heavy atom. The smallest absolute Gasteiger partial charge is 0.152 e. The Hall–Kier alpha value is -0.440. The fourth-order valence-corrected chi connectivity index (χ4v) is 1.65. The molecule has 0 radical (unpaired) electrons. The summed E-state index contributed by atoms with van der Waals surface area (Å²) in [5, 5.41) is 0. The Kier molecular flexibility index (Phi) is 2.83. The molecule has 0 N–H and O–H groups in total. The van der Waals surface area contributed by atoms with Crippen LogP contribution in [0.4, 0.5) is 4.39 Å². The van der Waals surface area contributed by atoms with E-state index < -0.39 is 6.17 Å². The van der Waals surface area contributed by atoms with Crippen molar-refractivity contribution < 1.29 is 9.18 Å². The SMILES string of the molecule is CC(C)C(=O)[C@@H]1C[C@@H](F)CN1C. The molecular formula is C9H16FNO. The van der Waals surface area contributed by atoms with Crippen LogP contribution in [0.15, 0.2) is 0 Å². The maximum absolute atomic E-state index is 12.9. The van der Waals surface area contributed by atoms with Crippen molar-refractivity contribution in [3.63, 3.8) is 0 Å². The molecule has 1 rings (SSSR count). The van der Waals surface area contributed by atoms with Gasteiger partial charge in [0.15, 0.2) is 5.78 Å². The van der Waals surface area contributed by atoms with E-state index in [1.165, 1.54) is 0 Å². The van der Waals surface area contributed by atoms with E-state index in [0.717, 1.165) is 0 Å². The number of Topliss-reactive ketones (excluding diaryl/α,β-unsaturated/α-hetero) is 1. The van der Waals surface area contributed by atoms with Crippen LogP contribution in [0.1, 0.15) is 20.3 Å². The average Bonchev–Trinajstić information content (AvgIpc) is 2.28. The van der Waals surface area contributed by atoms with Crippen molar-refractivity contribution in [1.29, 1.82) is 0 Å². The highest BCUT2D eigenvalue weighted by Crippen LogP contribution is 2.21. The lowest BCUT2D eigenvalue weighted by molar-refractivity contribution is -0.125. The first-order chi connectivity index (χ1) is 5.52. The molecule has 0 bridgehead atoms. The van der Waals surface area contributed by atoms with Gasteiger partial charge in [-0.3, -0.25) is 9.69 Å². The van der Waals surface area contributed by atoms with Gasteiger partial charge < -0.3 is 0 Å². The number of carbonyl (C=O) groups excluding carboxylic acids is 1. The predicted octanol–water partition coefficient (Wildman–Crippen LogP) is 1.25. The molecule has 1 heterocycles. The van der Waals surface area contributed by atoms with Gasteiger partial charge >= 0.3 is 0 Å². The van der Waals surface area contributed by atoms with Crippen LogP contribution in [-0.4, -0.2) is 36.5 Å². The predicted molar refractivity (Wildman–Crippen MR) is 45.8 cm³/mol. The lowest BCUT2D eigenvalue weighted by Gasteiger charge is -2.18. The van der Waals surface area contributed by atoms with Gasteiger partial charge in [0.1, 0.15) is 6.17 Å². The minimum atomic E-state index is -0.817. The van der Waals surface area contributed by atoms with Gasteiger partial charge in [-0.25, -0.2) is 4.39 Å². The molecule has 0 saturated carbocycles. The highest BCUT2D eigenvalue weighted by Gasteiger charge is 2.34. The third kappa shape index (κ3) is 1.83. The summed E-state index contributed by atoms with van der Waals surface area (Å²) in [5.74, 6) is 0.181. The first-order valence-corrected chi connectivity index (χ1v) is 4.40. The second kappa shape index (κ2) is 3.52. The molecule has 0 amide bonds. The van der Waals surface area contributed by atoms with Crippen LogP contribution in [-0.2, 0) is 4.79 Å². The van der Waals surface area contributed by atoms with Crippen molar-refractivity contribution in [2.24, 2.45) is 5.92 Å². The van der Waals surface area contributed by atoms with Crippen LogP contribution < -0.4 is 0 Å². The van der Waals surface area contributed by atoms with Crippen LogP contribution in [0.5, 0.6) is 0 Å². The summed E-state index contributed by atoms with van der Waals surface area (Å²) < 4.78 is 12.9. The average molecular weight is 173 g/mol. The van der Waals surface area contributed by atoms with E-state index in [1.54, 1.807) is 0 Å². The van der Waals surface area contributed by atoms with Crippen molar-refractivity contribution in [1.82, 2.24) is 4.90 Å². The van der Waals surface area contributed by atoms with Crippen LogP contribution in [0.25, 0.3) is 0 Å². The largest absolute Gasteiger partial charge is 0.298 e. The third-order valence-corrected chi connectivity index (χ3v) is 2.39. The third-order valence-electron chi connectivity index (χ3n) is 2.39. The first kappa shape index (κ1) is 9.65. The number of likely N-dealkylation sites (tertiary alicyclic amines) is 1. The molecule has 1 aliphatic heterocycles. The summed E-state index contributed by atoms with van der Waals surface area (Å²) in [6.45, 7) is 4.13. The molecule has 2 nitrogen and oxygen atoms in total. The number of carbonyl (C=O) groups is 1. The van der Waals surface area contributed by atoms with Gasteiger partial charge in [-0.15, -0.1) is 0 Å². The van der Waals surface area contributed by atoms with Crippen molar-refractivity contribution >= 4 is 5.78 Å². The molecule has 0 aromatic heterocycles. The Balaban J connectivity index is 2.58. The van der Waals surface area contributed by atoms with E-state index in [0.29, 0.717) is 13.0 Å². The number of hydrogen-bond donors (Lipinski definition) is 0. The van der Waals surface area contributed by atoms with Crippen LogP contribution in [0.3, 0.4) is 0 Å². The summed E-state index contributed by atoms with van der Waals surface area (Å²) in [6.07, 6.45) is -0.434. The maximum atomic E-state index is 12.9. The monoisotopic (exact) mass is 173 g/mol. The first-order valence-electron chi connectivity index (χ1n) is 4.40. The number of halogens is 1. The number of hydrogen-bond acceptors (Lipinski definition) is 2. The fraction of sp³-hybridized carbons (Fsp3) is 0.889. The van der Waals surface area contributed by atoms with Crippen molar-refractivity contribution in [2.45, 2.75) is 32.5 Å². The lowest BCUT2D eigenvalue weighted by atomic mass is 10.00. The molecule has 1 aliphatic rings. The number of likely N-dealkylation sites (N-methyl/N-ethyl adjacent to an activating group) is 1. The molecule has 0 unspecified atom stereocenters. The van der Waals surface area contributed by atoms with E-state index in [9.17, 15) is 9.18 Å². The summed E-state index contributed by atoms with van der Waals surface area (Å²) in [6, 6.07) is -0.181. The summed E-state index contributed by atoms with van der Waals surface area (Å²) in [5.41, 5.74) is 0. The Morgan fingerprint density at radius 2 is 2.17 bits per heavy atom. The Morgan fingerprint density at radius 3 is 2.50 bits per heavy atom. The van der Waals surface area contributed by atoms with Gasteiger partial charge in [-0.05, 0) is 7.05 Å². The van der Waals surface area contributed by atoms with E-state index in [2.05, 4.69) is 0 Å². The number of alkyl halides is 1. The zero-order valence-electron chi connectivity index (χ0n) is 7.88. The quantitative estimate of drug-likeness (QED) is 0.626. The molecule has 0 aromatic carbocycles. The van der Waals surface area contributed by atoms with Gasteiger partial charge in [-0.2, -0.15) is 0 Å². The van der Waals surface area contributed by atoms with Crippen LogP contribution in [0.2, 0.25) is 0 Å². The van der Waals surface area contributed by atoms with Gasteiger partial charge in [0.25, 0.3) is 0 Å². The van der Waals surface area contributed by atoms with E-state index in [4.69, 9.17) is 0 Å². The Bertz CT molecular complexity index is 181. The highest BCUT2D eigenvalue weighted by molar-refractivity contribution is 5.86. The minimum absolute atomic E-state index is 0.0164. The molecule has 12 heavy (non-hydrogen) atoms. The number of ketones is 1. The molecule has 1 fully saturated rings. The summed E-state index contributed by atoms with van der Waals surface area (Å²) in [7, 11) is 1.81.